The van der Waals surface area contributed by atoms with Crippen LogP contribution >= 0.6 is 7.92 Å². The van der Waals surface area contributed by atoms with Crippen LogP contribution in [0.15, 0.2) is 78.9 Å². The lowest BCUT2D eigenvalue weighted by Crippen LogP contribution is -2.32. The monoisotopic (exact) mass is 366 g/mol. The van der Waals surface area contributed by atoms with Gasteiger partial charge in [0, 0.05) is 17.6 Å². The van der Waals surface area contributed by atoms with E-state index in [2.05, 4.69) is 86.7 Å². The minimum atomic E-state index is -0.660. The fourth-order valence-electron chi connectivity index (χ4n) is 3.60. The Bertz CT molecular complexity index is 753. The third-order valence-electron chi connectivity index (χ3n) is 4.49. The average Bonchev–Trinajstić information content (AvgIpc) is 3.10. The van der Waals surface area contributed by atoms with Crippen molar-refractivity contribution in [2.75, 3.05) is 13.9 Å². The topological polar surface area (TPSA) is 18.5 Å². The van der Waals surface area contributed by atoms with Gasteiger partial charge in [-0.25, -0.2) is 0 Å². The van der Waals surface area contributed by atoms with E-state index in [0.717, 1.165) is 12.2 Å². The zero-order valence-corrected chi connectivity index (χ0v) is 16.7. The molecule has 0 spiro atoms. The predicted molar refractivity (Wildman–Crippen MR) is 112 cm³/mol. The molecule has 3 rings (SSSR count). The molecule has 0 radical (unpaired) electrons. The molecule has 0 aliphatic heterocycles. The number of hydrogen-bond acceptors (Lipinski definition) is 2. The number of hydrogen-bond donors (Lipinski definition) is 0. The van der Waals surface area contributed by atoms with Gasteiger partial charge in [0.15, 0.2) is 6.79 Å². The summed E-state index contributed by atoms with van der Waals surface area (Å²) in [6.07, 6.45) is 10.3. The quantitative estimate of drug-likeness (QED) is 0.483. The first kappa shape index (κ1) is 18.9. The van der Waals surface area contributed by atoms with Crippen LogP contribution in [-0.4, -0.2) is 19.1 Å². The molecule has 26 heavy (non-hydrogen) atoms. The highest BCUT2D eigenvalue weighted by atomic mass is 31.1. The van der Waals surface area contributed by atoms with E-state index < -0.39 is 7.92 Å². The van der Waals surface area contributed by atoms with E-state index in [1.807, 2.05) is 6.07 Å². The summed E-state index contributed by atoms with van der Waals surface area (Å²) in [5.41, 5.74) is 0. The average molecular weight is 366 g/mol. The van der Waals surface area contributed by atoms with Crippen LogP contribution in [0.5, 0.6) is 5.75 Å². The van der Waals surface area contributed by atoms with E-state index >= 15 is 0 Å². The Balaban J connectivity index is 2.14. The van der Waals surface area contributed by atoms with Crippen LogP contribution in [-0.2, 0) is 4.74 Å². The summed E-state index contributed by atoms with van der Waals surface area (Å²) in [5.74, 6) is 1.52. The van der Waals surface area contributed by atoms with Crippen LogP contribution in [0.1, 0.15) is 20.3 Å². The van der Waals surface area contributed by atoms with Crippen molar-refractivity contribution in [1.29, 1.82) is 0 Å². The zero-order chi connectivity index (χ0) is 18.4. The van der Waals surface area contributed by atoms with Gasteiger partial charge in [-0.2, -0.15) is 0 Å². The molecule has 1 atom stereocenters. The Hall–Kier alpha value is -1.89. The molecule has 0 fully saturated rings. The summed E-state index contributed by atoms with van der Waals surface area (Å²) in [4.78, 5) is 0. The summed E-state index contributed by atoms with van der Waals surface area (Å²) in [6, 6.07) is 19.3. The van der Waals surface area contributed by atoms with Gasteiger partial charge in [0.05, 0.1) is 0 Å². The summed E-state index contributed by atoms with van der Waals surface area (Å²) < 4.78 is 11.1. The molecule has 0 bridgehead atoms. The van der Waals surface area contributed by atoms with Gasteiger partial charge in [0.1, 0.15) is 5.75 Å². The highest BCUT2D eigenvalue weighted by Gasteiger charge is 2.39. The number of rotatable bonds is 8. The van der Waals surface area contributed by atoms with Crippen molar-refractivity contribution in [3.8, 4) is 5.75 Å². The van der Waals surface area contributed by atoms with Gasteiger partial charge >= 0.3 is 0 Å². The summed E-state index contributed by atoms with van der Waals surface area (Å²) in [6.45, 7) is 4.86. The first-order valence-corrected chi connectivity index (χ1v) is 10.4. The van der Waals surface area contributed by atoms with Crippen LogP contribution in [0, 0.1) is 5.92 Å². The van der Waals surface area contributed by atoms with Crippen molar-refractivity contribution in [2.24, 2.45) is 5.92 Å². The molecule has 2 aromatic rings. The van der Waals surface area contributed by atoms with E-state index in [4.69, 9.17) is 9.47 Å². The molecule has 1 unspecified atom stereocenters. The van der Waals surface area contributed by atoms with Gasteiger partial charge in [0.2, 0.25) is 0 Å². The second-order valence-electron chi connectivity index (χ2n) is 7.00. The third-order valence-corrected chi connectivity index (χ3v) is 7.46. The molecule has 1 aliphatic carbocycles. The Kier molecular flexibility index (Phi) is 6.29. The number of para-hydroxylation sites is 1. The fraction of sp³-hybridized carbons (Fsp3) is 0.304. The maximum absolute atomic E-state index is 5.94. The lowest BCUT2D eigenvalue weighted by molar-refractivity contribution is 0.0519. The number of ether oxygens (including phenoxy) is 2. The van der Waals surface area contributed by atoms with Crippen LogP contribution in [0.4, 0.5) is 0 Å². The molecule has 0 N–H and O–H groups in total. The first-order chi connectivity index (χ1) is 12.7. The lowest BCUT2D eigenvalue weighted by Gasteiger charge is -2.38. The van der Waals surface area contributed by atoms with Crippen molar-refractivity contribution in [2.45, 2.75) is 25.4 Å². The number of allylic oxidation sites excluding steroid dienone is 4. The van der Waals surface area contributed by atoms with Crippen LogP contribution in [0.3, 0.4) is 0 Å². The van der Waals surface area contributed by atoms with E-state index in [-0.39, 0.29) is 11.9 Å². The zero-order valence-electron chi connectivity index (χ0n) is 15.8. The molecule has 136 valence electrons. The van der Waals surface area contributed by atoms with Crippen LogP contribution < -0.4 is 15.3 Å². The molecule has 0 saturated heterocycles. The van der Waals surface area contributed by atoms with Gasteiger partial charge in [-0.3, -0.25) is 0 Å². The van der Waals surface area contributed by atoms with Crippen molar-refractivity contribution in [3.05, 3.63) is 78.9 Å². The van der Waals surface area contributed by atoms with Crippen molar-refractivity contribution >= 4 is 18.5 Å². The minimum Gasteiger partial charge on any atom is -0.467 e. The van der Waals surface area contributed by atoms with Crippen LogP contribution in [0.2, 0.25) is 0 Å². The number of methoxy groups -OCH3 is 1. The van der Waals surface area contributed by atoms with Crippen molar-refractivity contribution in [1.82, 2.24) is 0 Å². The maximum Gasteiger partial charge on any atom is 0.188 e. The van der Waals surface area contributed by atoms with Gasteiger partial charge in [-0.15, -0.1) is 0 Å². The van der Waals surface area contributed by atoms with Gasteiger partial charge in [0.25, 0.3) is 0 Å². The smallest absolute Gasteiger partial charge is 0.188 e. The van der Waals surface area contributed by atoms with Gasteiger partial charge in [-0.05, 0) is 31.6 Å². The Labute approximate surface area is 158 Å². The third kappa shape index (κ3) is 4.09. The van der Waals surface area contributed by atoms with Gasteiger partial charge in [-0.1, -0.05) is 86.7 Å². The molecule has 2 aromatic carbocycles. The molecular formula is C23H27O2P. The van der Waals surface area contributed by atoms with Crippen molar-refractivity contribution in [3.63, 3.8) is 0 Å². The second-order valence-corrected chi connectivity index (χ2v) is 9.50. The molecule has 0 saturated carbocycles. The van der Waals surface area contributed by atoms with E-state index in [9.17, 15) is 0 Å². The summed E-state index contributed by atoms with van der Waals surface area (Å²) in [5, 5.41) is 2.65. The highest BCUT2D eigenvalue weighted by molar-refractivity contribution is 7.75. The molecule has 1 aliphatic rings. The Morgan fingerprint density at radius 1 is 0.923 bits per heavy atom. The van der Waals surface area contributed by atoms with Gasteiger partial charge < -0.3 is 9.47 Å². The summed E-state index contributed by atoms with van der Waals surface area (Å²) in [7, 11) is 0.998. The Morgan fingerprint density at radius 2 is 1.58 bits per heavy atom. The van der Waals surface area contributed by atoms with Crippen molar-refractivity contribution < 1.29 is 9.47 Å². The maximum atomic E-state index is 5.94. The molecular weight excluding hydrogens is 339 g/mol. The van der Waals surface area contributed by atoms with Crippen LogP contribution in [0.25, 0.3) is 0 Å². The van der Waals surface area contributed by atoms with E-state index in [0.29, 0.717) is 5.92 Å². The largest absolute Gasteiger partial charge is 0.467 e. The SMILES string of the molecule is COCOc1ccccc1P(c1ccccc1)C1(CC(C)C)C=CC=C1. The molecule has 2 nitrogen and oxygen atoms in total. The highest BCUT2D eigenvalue weighted by Crippen LogP contribution is 2.56. The standard InChI is InChI=1S/C23H27O2P/c1-19(2)17-23(15-9-10-16-23)26(20-11-5-4-6-12-20)22-14-8-7-13-21(22)25-18-24-3/h4-16,19H,17-18H2,1-3H3. The molecule has 0 amide bonds. The van der Waals surface area contributed by atoms with E-state index in [1.165, 1.54) is 10.6 Å². The first-order valence-electron chi connectivity index (χ1n) is 9.09. The second kappa shape index (κ2) is 8.66. The fourth-order valence-corrected chi connectivity index (χ4v) is 6.89. The summed E-state index contributed by atoms with van der Waals surface area (Å²) >= 11 is 0. The minimum absolute atomic E-state index is 0.0113. The lowest BCUT2D eigenvalue weighted by atomic mass is 9.97. The molecule has 0 heterocycles. The Morgan fingerprint density at radius 3 is 2.23 bits per heavy atom. The number of benzene rings is 2. The predicted octanol–water partition coefficient (Wildman–Crippen LogP) is 5.01. The van der Waals surface area contributed by atoms with E-state index in [1.54, 1.807) is 7.11 Å². The molecule has 0 aromatic heterocycles. The molecule has 3 heteroatoms. The normalized spacial score (nSPS) is 16.2.